The van der Waals surface area contributed by atoms with Crippen LogP contribution in [0.1, 0.15) is 6.92 Å². The predicted molar refractivity (Wildman–Crippen MR) is 103 cm³/mol. The molecule has 0 spiro atoms. The molecule has 3 rings (SSSR count). The SMILES string of the molecule is COc1ccc(NC(=O)[C@H](C)Sc2nnnn2-c2ccccc2OC)cc1. The topological polar surface area (TPSA) is 91.2 Å². The largest absolute Gasteiger partial charge is 0.497 e. The van der Waals surface area contributed by atoms with Gasteiger partial charge in [0, 0.05) is 5.69 Å². The first-order chi connectivity index (χ1) is 13.1. The maximum absolute atomic E-state index is 12.5. The molecule has 1 atom stereocenters. The first-order valence-electron chi connectivity index (χ1n) is 8.15. The van der Waals surface area contributed by atoms with Crippen LogP contribution in [0, 0.1) is 0 Å². The fourth-order valence-electron chi connectivity index (χ4n) is 2.34. The van der Waals surface area contributed by atoms with Gasteiger partial charge in [-0.1, -0.05) is 23.9 Å². The third kappa shape index (κ3) is 4.37. The molecule has 0 unspecified atom stereocenters. The number of rotatable bonds is 7. The van der Waals surface area contributed by atoms with Crippen molar-refractivity contribution in [2.75, 3.05) is 19.5 Å². The van der Waals surface area contributed by atoms with Crippen molar-refractivity contribution < 1.29 is 14.3 Å². The fourth-order valence-corrected chi connectivity index (χ4v) is 3.14. The van der Waals surface area contributed by atoms with Gasteiger partial charge in [0.1, 0.15) is 17.2 Å². The van der Waals surface area contributed by atoms with Crippen LogP contribution in [-0.2, 0) is 4.79 Å². The number of hydrogen-bond donors (Lipinski definition) is 1. The van der Waals surface area contributed by atoms with Gasteiger partial charge >= 0.3 is 0 Å². The Kier molecular flexibility index (Phi) is 5.92. The maximum Gasteiger partial charge on any atom is 0.237 e. The highest BCUT2D eigenvalue weighted by molar-refractivity contribution is 8.00. The number of methoxy groups -OCH3 is 2. The minimum absolute atomic E-state index is 0.153. The molecule has 0 aliphatic heterocycles. The van der Waals surface area contributed by atoms with E-state index in [-0.39, 0.29) is 5.91 Å². The summed E-state index contributed by atoms with van der Waals surface area (Å²) in [5.74, 6) is 1.22. The first kappa shape index (κ1) is 18.7. The van der Waals surface area contributed by atoms with Gasteiger partial charge in [-0.15, -0.1) is 5.10 Å². The maximum atomic E-state index is 12.5. The van der Waals surface area contributed by atoms with Gasteiger partial charge < -0.3 is 14.8 Å². The zero-order valence-electron chi connectivity index (χ0n) is 15.1. The summed E-state index contributed by atoms with van der Waals surface area (Å²) in [6.07, 6.45) is 0. The van der Waals surface area contributed by atoms with Crippen molar-refractivity contribution in [2.45, 2.75) is 17.3 Å². The molecule has 140 valence electrons. The second kappa shape index (κ2) is 8.54. The lowest BCUT2D eigenvalue weighted by Gasteiger charge is -2.13. The van der Waals surface area contributed by atoms with Crippen molar-refractivity contribution in [1.29, 1.82) is 0 Å². The molecular formula is C18H19N5O3S. The molecule has 0 fully saturated rings. The van der Waals surface area contributed by atoms with Gasteiger partial charge in [-0.2, -0.15) is 4.68 Å². The number of aromatic nitrogens is 4. The lowest BCUT2D eigenvalue weighted by Crippen LogP contribution is -2.22. The molecule has 1 amide bonds. The van der Waals surface area contributed by atoms with Crippen molar-refractivity contribution in [3.05, 3.63) is 48.5 Å². The summed E-state index contributed by atoms with van der Waals surface area (Å²) in [7, 11) is 3.18. The number of nitrogens with one attached hydrogen (secondary N) is 1. The van der Waals surface area contributed by atoms with E-state index >= 15 is 0 Å². The molecule has 8 nitrogen and oxygen atoms in total. The number of thioether (sulfide) groups is 1. The van der Waals surface area contributed by atoms with E-state index in [9.17, 15) is 4.79 Å². The number of carbonyl (C=O) groups excluding carboxylic acids is 1. The Bertz CT molecular complexity index is 913. The number of amides is 1. The summed E-state index contributed by atoms with van der Waals surface area (Å²) in [6, 6.07) is 14.6. The van der Waals surface area contributed by atoms with Crippen LogP contribution in [0.15, 0.2) is 53.7 Å². The quantitative estimate of drug-likeness (QED) is 0.625. The highest BCUT2D eigenvalue weighted by Crippen LogP contribution is 2.28. The van der Waals surface area contributed by atoms with Crippen molar-refractivity contribution in [1.82, 2.24) is 20.2 Å². The van der Waals surface area contributed by atoms with Gasteiger partial charge in [0.2, 0.25) is 11.1 Å². The van der Waals surface area contributed by atoms with Crippen molar-refractivity contribution in [2.24, 2.45) is 0 Å². The molecule has 27 heavy (non-hydrogen) atoms. The van der Waals surface area contributed by atoms with Crippen molar-refractivity contribution in [3.8, 4) is 17.2 Å². The molecule has 9 heteroatoms. The lowest BCUT2D eigenvalue weighted by molar-refractivity contribution is -0.115. The van der Waals surface area contributed by atoms with Crippen LogP contribution in [0.2, 0.25) is 0 Å². The molecule has 1 aromatic heterocycles. The fraction of sp³-hybridized carbons (Fsp3) is 0.222. The molecule has 1 N–H and O–H groups in total. The van der Waals surface area contributed by atoms with Gasteiger partial charge in [0.05, 0.1) is 19.5 Å². The van der Waals surface area contributed by atoms with E-state index in [0.717, 1.165) is 5.75 Å². The Labute approximate surface area is 160 Å². The summed E-state index contributed by atoms with van der Waals surface area (Å²) >= 11 is 1.26. The van der Waals surface area contributed by atoms with Gasteiger partial charge in [-0.3, -0.25) is 4.79 Å². The zero-order valence-corrected chi connectivity index (χ0v) is 15.9. The number of benzene rings is 2. The van der Waals surface area contributed by atoms with E-state index < -0.39 is 5.25 Å². The average molecular weight is 385 g/mol. The third-order valence-corrected chi connectivity index (χ3v) is 4.80. The highest BCUT2D eigenvalue weighted by Gasteiger charge is 2.20. The molecule has 1 heterocycles. The number of carbonyl (C=O) groups is 1. The Morgan fingerprint density at radius 2 is 1.85 bits per heavy atom. The number of para-hydroxylation sites is 2. The van der Waals surface area contributed by atoms with Crippen LogP contribution >= 0.6 is 11.8 Å². The molecule has 2 aromatic carbocycles. The van der Waals surface area contributed by atoms with Crippen LogP contribution in [-0.4, -0.2) is 45.6 Å². The highest BCUT2D eigenvalue weighted by atomic mass is 32.2. The number of nitrogens with zero attached hydrogens (tertiary/aromatic N) is 4. The second-order valence-corrected chi connectivity index (χ2v) is 6.83. The number of ether oxygens (including phenoxy) is 2. The summed E-state index contributed by atoms with van der Waals surface area (Å²) in [4.78, 5) is 12.5. The van der Waals surface area contributed by atoms with Crippen molar-refractivity contribution >= 4 is 23.4 Å². The molecule has 3 aromatic rings. The van der Waals surface area contributed by atoms with Crippen LogP contribution < -0.4 is 14.8 Å². The standard InChI is InChI=1S/C18H19N5O3S/c1-12(17(24)19-13-8-10-14(25-2)11-9-13)27-18-20-21-22-23(18)15-6-4-5-7-16(15)26-3/h4-12H,1-3H3,(H,19,24)/t12-/m0/s1. The normalized spacial score (nSPS) is 11.7. The van der Waals surface area contributed by atoms with Gasteiger partial charge in [0.25, 0.3) is 0 Å². The van der Waals surface area contributed by atoms with Crippen LogP contribution in [0.4, 0.5) is 5.69 Å². The lowest BCUT2D eigenvalue weighted by atomic mass is 10.3. The predicted octanol–water partition coefficient (Wildman–Crippen LogP) is 2.80. The Balaban J connectivity index is 1.72. The summed E-state index contributed by atoms with van der Waals surface area (Å²) in [5, 5.41) is 14.7. The van der Waals surface area contributed by atoms with E-state index in [1.54, 1.807) is 50.1 Å². The van der Waals surface area contributed by atoms with Gasteiger partial charge in [0.15, 0.2) is 0 Å². The number of tetrazole rings is 1. The van der Waals surface area contributed by atoms with Gasteiger partial charge in [-0.25, -0.2) is 0 Å². The molecular weight excluding hydrogens is 366 g/mol. The second-order valence-electron chi connectivity index (χ2n) is 5.52. The molecule has 0 bridgehead atoms. The monoisotopic (exact) mass is 385 g/mol. The summed E-state index contributed by atoms with van der Waals surface area (Å²) < 4.78 is 12.0. The summed E-state index contributed by atoms with van der Waals surface area (Å²) in [6.45, 7) is 1.80. The van der Waals surface area contributed by atoms with Crippen LogP contribution in [0.3, 0.4) is 0 Å². The van der Waals surface area contributed by atoms with Gasteiger partial charge in [-0.05, 0) is 53.7 Å². The van der Waals surface area contributed by atoms with Crippen LogP contribution in [0.25, 0.3) is 5.69 Å². The number of hydrogen-bond acceptors (Lipinski definition) is 7. The Hall–Kier alpha value is -3.07. The van der Waals surface area contributed by atoms with E-state index in [4.69, 9.17) is 9.47 Å². The van der Waals surface area contributed by atoms with E-state index in [1.807, 2.05) is 24.3 Å². The molecule has 0 aliphatic carbocycles. The minimum atomic E-state index is -0.411. The smallest absolute Gasteiger partial charge is 0.237 e. The average Bonchev–Trinajstić information content (AvgIpc) is 3.16. The molecule has 0 radical (unpaired) electrons. The van der Waals surface area contributed by atoms with E-state index in [2.05, 4.69) is 20.8 Å². The zero-order chi connectivity index (χ0) is 19.2. The molecule has 0 saturated carbocycles. The van der Waals surface area contributed by atoms with Crippen LogP contribution in [0.5, 0.6) is 11.5 Å². The number of anilines is 1. The Morgan fingerprint density at radius 1 is 1.11 bits per heavy atom. The minimum Gasteiger partial charge on any atom is -0.497 e. The summed E-state index contributed by atoms with van der Waals surface area (Å²) in [5.41, 5.74) is 1.40. The third-order valence-electron chi connectivity index (χ3n) is 3.76. The molecule has 0 aliphatic rings. The van der Waals surface area contributed by atoms with E-state index in [1.165, 1.54) is 11.8 Å². The first-order valence-corrected chi connectivity index (χ1v) is 9.03. The molecule has 0 saturated heterocycles. The Morgan fingerprint density at radius 3 is 2.56 bits per heavy atom. The van der Waals surface area contributed by atoms with Crippen molar-refractivity contribution in [3.63, 3.8) is 0 Å². The van der Waals surface area contributed by atoms with E-state index in [0.29, 0.717) is 22.3 Å².